The molecule has 0 saturated carbocycles. The smallest absolute Gasteiger partial charge is 0.417 e. The van der Waals surface area contributed by atoms with Gasteiger partial charge >= 0.3 is 12.3 Å². The minimum atomic E-state index is -4.41. The maximum absolute atomic E-state index is 13.5. The van der Waals surface area contributed by atoms with E-state index < -0.39 is 34.7 Å². The first kappa shape index (κ1) is 31.9. The van der Waals surface area contributed by atoms with Crippen LogP contribution in [0.5, 0.6) is 0 Å². The maximum atomic E-state index is 13.5. The van der Waals surface area contributed by atoms with E-state index in [0.29, 0.717) is 12.1 Å². The van der Waals surface area contributed by atoms with Gasteiger partial charge < -0.3 is 19.5 Å². The van der Waals surface area contributed by atoms with Crippen molar-refractivity contribution in [1.82, 2.24) is 4.90 Å². The highest BCUT2D eigenvalue weighted by atomic mass is 19.4. The number of carboxylic acid groups (broad SMARTS) is 1. The van der Waals surface area contributed by atoms with Crippen molar-refractivity contribution in [1.29, 1.82) is 0 Å². The third kappa shape index (κ3) is 6.74. The number of nitrogens with zero attached hydrogens (tertiary/aromatic N) is 2. The third-order valence-corrected chi connectivity index (χ3v) is 8.53. The SMILES string of the molecule is CC1(C)OCC(CN2CCc3cc(CCc4ccc(-c5ccccc5C(F)(F)F)cc4)ccc32)(N(C(=O)O)C(C)(C)C)CO1. The summed E-state index contributed by atoms with van der Waals surface area (Å²) < 4.78 is 52.5. The first-order chi connectivity index (χ1) is 20.6. The van der Waals surface area contributed by atoms with Crippen molar-refractivity contribution < 1.29 is 32.5 Å². The van der Waals surface area contributed by atoms with Gasteiger partial charge in [-0.1, -0.05) is 54.6 Å². The fraction of sp³-hybridized carbons (Fsp3) is 0.457. The van der Waals surface area contributed by atoms with Gasteiger partial charge in [-0.3, -0.25) is 4.90 Å². The Hall–Kier alpha value is -3.56. The first-order valence-electron chi connectivity index (χ1n) is 15.0. The molecule has 0 spiro atoms. The highest BCUT2D eigenvalue weighted by molar-refractivity contribution is 5.69. The van der Waals surface area contributed by atoms with Gasteiger partial charge in [-0.2, -0.15) is 13.2 Å². The van der Waals surface area contributed by atoms with E-state index in [1.165, 1.54) is 28.2 Å². The third-order valence-electron chi connectivity index (χ3n) is 8.53. The average Bonchev–Trinajstić information content (AvgIpc) is 3.34. The van der Waals surface area contributed by atoms with Crippen LogP contribution in [0.1, 0.15) is 56.9 Å². The topological polar surface area (TPSA) is 62.2 Å². The van der Waals surface area contributed by atoms with Gasteiger partial charge in [0, 0.05) is 24.3 Å². The summed E-state index contributed by atoms with van der Waals surface area (Å²) in [5.74, 6) is -0.781. The fourth-order valence-corrected chi connectivity index (χ4v) is 6.51. The normalized spacial score (nSPS) is 17.8. The van der Waals surface area contributed by atoms with Crippen LogP contribution in [0.3, 0.4) is 0 Å². The molecule has 1 N–H and O–H groups in total. The van der Waals surface area contributed by atoms with Crippen LogP contribution in [-0.4, -0.2) is 59.3 Å². The van der Waals surface area contributed by atoms with E-state index in [0.717, 1.165) is 43.1 Å². The Morgan fingerprint density at radius 2 is 1.55 bits per heavy atom. The predicted octanol–water partition coefficient (Wildman–Crippen LogP) is 7.82. The molecule has 5 rings (SSSR count). The van der Waals surface area contributed by atoms with Crippen LogP contribution < -0.4 is 4.90 Å². The molecular weight excluding hydrogens is 569 g/mol. The number of alkyl halides is 3. The second-order valence-corrected chi connectivity index (χ2v) is 13.4. The molecule has 2 heterocycles. The Balaban J connectivity index is 1.29. The summed E-state index contributed by atoms with van der Waals surface area (Å²) in [7, 11) is 0. The minimum absolute atomic E-state index is 0.181. The lowest BCUT2D eigenvalue weighted by Gasteiger charge is -2.54. The summed E-state index contributed by atoms with van der Waals surface area (Å²) in [6.45, 7) is 11.0. The number of hydrogen-bond donors (Lipinski definition) is 1. The van der Waals surface area contributed by atoms with Crippen molar-refractivity contribution in [2.45, 2.75) is 76.9 Å². The Morgan fingerprint density at radius 1 is 0.932 bits per heavy atom. The van der Waals surface area contributed by atoms with Crippen LogP contribution in [0, 0.1) is 0 Å². The fourth-order valence-electron chi connectivity index (χ4n) is 6.51. The lowest BCUT2D eigenvalue weighted by atomic mass is 9.90. The van der Waals surface area contributed by atoms with Crippen LogP contribution in [0.2, 0.25) is 0 Å². The van der Waals surface area contributed by atoms with E-state index >= 15 is 0 Å². The second-order valence-electron chi connectivity index (χ2n) is 13.4. The van der Waals surface area contributed by atoms with Crippen molar-refractivity contribution in [2.75, 3.05) is 31.2 Å². The van der Waals surface area contributed by atoms with Gasteiger partial charge in [0.2, 0.25) is 0 Å². The molecule has 2 aliphatic rings. The number of fused-ring (bicyclic) bond motifs is 1. The molecule has 0 atom stereocenters. The van der Waals surface area contributed by atoms with Gasteiger partial charge in [0.25, 0.3) is 0 Å². The summed E-state index contributed by atoms with van der Waals surface area (Å²) in [5.41, 5.74) is 3.09. The van der Waals surface area contributed by atoms with E-state index in [1.54, 1.807) is 18.2 Å². The van der Waals surface area contributed by atoms with Crippen molar-refractivity contribution in [2.24, 2.45) is 0 Å². The lowest BCUT2D eigenvalue weighted by molar-refractivity contribution is -0.287. The standard InChI is InChI=1S/C35H41F3N2O4/c1-32(2,3)40(31(41)42)34(22-43-33(4,5)44-23-34)21-39-19-18-27-20-25(14-17-30(27)39)11-10-24-12-15-26(16-13-24)28-8-6-7-9-29(28)35(36,37)38/h6-9,12-17,20H,10-11,18-19,21-23H2,1-5H3,(H,41,42). The van der Waals surface area contributed by atoms with Crippen molar-refractivity contribution in [3.8, 4) is 11.1 Å². The number of halogens is 3. The van der Waals surface area contributed by atoms with E-state index in [9.17, 15) is 23.1 Å². The molecule has 6 nitrogen and oxygen atoms in total. The molecule has 236 valence electrons. The zero-order valence-corrected chi connectivity index (χ0v) is 26.0. The van der Waals surface area contributed by atoms with Crippen LogP contribution in [0.25, 0.3) is 11.1 Å². The van der Waals surface area contributed by atoms with E-state index in [2.05, 4.69) is 23.1 Å². The Bertz CT molecular complexity index is 1490. The summed E-state index contributed by atoms with van der Waals surface area (Å²) >= 11 is 0. The van der Waals surface area contributed by atoms with Crippen molar-refractivity contribution in [3.05, 3.63) is 89.0 Å². The molecule has 0 unspecified atom stereocenters. The first-order valence-corrected chi connectivity index (χ1v) is 15.0. The number of carbonyl (C=O) groups is 1. The van der Waals surface area contributed by atoms with Gasteiger partial charge in [0.1, 0.15) is 5.54 Å². The molecule has 44 heavy (non-hydrogen) atoms. The van der Waals surface area contributed by atoms with Crippen molar-refractivity contribution in [3.63, 3.8) is 0 Å². The molecule has 0 aliphatic carbocycles. The highest BCUT2D eigenvalue weighted by Gasteiger charge is 2.51. The Kier molecular flexibility index (Phi) is 8.50. The van der Waals surface area contributed by atoms with Crippen molar-refractivity contribution >= 4 is 11.8 Å². The summed E-state index contributed by atoms with van der Waals surface area (Å²) in [6.07, 6.45) is -3.00. The number of anilines is 1. The van der Waals surface area contributed by atoms with Gasteiger partial charge in [0.15, 0.2) is 5.79 Å². The molecule has 1 amide bonds. The summed E-state index contributed by atoms with van der Waals surface area (Å²) in [6, 6.07) is 19.4. The maximum Gasteiger partial charge on any atom is 0.417 e. The summed E-state index contributed by atoms with van der Waals surface area (Å²) in [5, 5.41) is 10.3. The highest BCUT2D eigenvalue weighted by Crippen LogP contribution is 2.39. The van der Waals surface area contributed by atoms with Gasteiger partial charge in [-0.15, -0.1) is 0 Å². The van der Waals surface area contributed by atoms with Crippen LogP contribution in [-0.2, 0) is 34.9 Å². The van der Waals surface area contributed by atoms with Crippen LogP contribution >= 0.6 is 0 Å². The van der Waals surface area contributed by atoms with Gasteiger partial charge in [-0.25, -0.2) is 4.79 Å². The van der Waals surface area contributed by atoms with E-state index in [1.807, 2.05) is 46.8 Å². The molecule has 2 aliphatic heterocycles. The second kappa shape index (κ2) is 11.7. The number of rotatable bonds is 7. The quantitative estimate of drug-likeness (QED) is 0.296. The summed E-state index contributed by atoms with van der Waals surface area (Å²) in [4.78, 5) is 16.3. The number of benzene rings is 3. The van der Waals surface area contributed by atoms with Crippen LogP contribution in [0.15, 0.2) is 66.7 Å². The number of amides is 1. The average molecular weight is 611 g/mol. The van der Waals surface area contributed by atoms with E-state index in [4.69, 9.17) is 9.47 Å². The molecule has 0 aromatic heterocycles. The monoisotopic (exact) mass is 610 g/mol. The molecule has 0 radical (unpaired) electrons. The Labute approximate surface area is 257 Å². The van der Waals surface area contributed by atoms with Gasteiger partial charge in [-0.05, 0) is 93.8 Å². The largest absolute Gasteiger partial charge is 0.465 e. The minimum Gasteiger partial charge on any atom is -0.465 e. The zero-order chi connectivity index (χ0) is 31.9. The molecular formula is C35H41F3N2O4. The molecule has 0 bridgehead atoms. The number of ether oxygens (including phenoxy) is 2. The number of aryl methyl sites for hydroxylation is 2. The van der Waals surface area contributed by atoms with Crippen LogP contribution in [0.4, 0.5) is 23.7 Å². The predicted molar refractivity (Wildman–Crippen MR) is 165 cm³/mol. The number of hydrogen-bond acceptors (Lipinski definition) is 4. The van der Waals surface area contributed by atoms with E-state index in [-0.39, 0.29) is 18.8 Å². The molecule has 3 aromatic carbocycles. The molecule has 9 heteroatoms. The molecule has 1 fully saturated rings. The Morgan fingerprint density at radius 3 is 2.16 bits per heavy atom. The lowest BCUT2D eigenvalue weighted by Crippen LogP contribution is -2.70. The van der Waals surface area contributed by atoms with Gasteiger partial charge in [0.05, 0.1) is 18.8 Å². The zero-order valence-electron chi connectivity index (χ0n) is 26.0. The molecule has 3 aromatic rings. The molecule has 1 saturated heterocycles.